The fourth-order valence-corrected chi connectivity index (χ4v) is 1.48. The summed E-state index contributed by atoms with van der Waals surface area (Å²) in [4.78, 5) is 22.3. The Labute approximate surface area is 119 Å². The lowest BCUT2D eigenvalue weighted by atomic mass is 10.2. The van der Waals surface area contributed by atoms with Crippen molar-refractivity contribution >= 4 is 18.0 Å². The summed E-state index contributed by atoms with van der Waals surface area (Å²) in [5.74, 6) is -0.437. The van der Waals surface area contributed by atoms with Crippen LogP contribution < -0.4 is 5.32 Å². The van der Waals surface area contributed by atoms with Gasteiger partial charge in [-0.25, -0.2) is 0 Å². The lowest BCUT2D eigenvalue weighted by molar-refractivity contribution is -0.140. The van der Waals surface area contributed by atoms with Crippen molar-refractivity contribution in [1.82, 2.24) is 5.32 Å². The van der Waals surface area contributed by atoms with E-state index in [1.807, 2.05) is 42.5 Å². The molecule has 0 fully saturated rings. The number of allylic oxidation sites excluding steroid dienone is 2. The molecule has 0 aromatic heterocycles. The Morgan fingerprint density at radius 2 is 1.95 bits per heavy atom. The molecule has 1 aromatic carbocycles. The quantitative estimate of drug-likeness (QED) is 0.359. The van der Waals surface area contributed by atoms with Crippen LogP contribution in [0.3, 0.4) is 0 Å². The minimum atomic E-state index is -0.263. The smallest absolute Gasteiger partial charge is 0.305 e. The molecule has 0 saturated carbocycles. The van der Waals surface area contributed by atoms with Crippen molar-refractivity contribution in [3.05, 3.63) is 54.1 Å². The number of carbonyl (C=O) groups excluding carboxylic acids is 2. The molecule has 1 aromatic rings. The van der Waals surface area contributed by atoms with Crippen LogP contribution in [0.5, 0.6) is 0 Å². The zero-order chi connectivity index (χ0) is 14.6. The zero-order valence-electron chi connectivity index (χ0n) is 11.5. The standard InChI is InChI=1S/C16H19NO3/c1-20-16(19)12-7-13-17-15(18)11-6-5-10-14-8-3-2-4-9-14/h2-6,8-11H,7,12-13H2,1H3,(H,17,18). The Hall–Kier alpha value is -2.36. The van der Waals surface area contributed by atoms with Crippen molar-refractivity contribution in [2.45, 2.75) is 12.8 Å². The molecule has 0 heterocycles. The molecule has 0 radical (unpaired) electrons. The lowest BCUT2D eigenvalue weighted by Gasteiger charge is -2.00. The van der Waals surface area contributed by atoms with E-state index in [0.29, 0.717) is 19.4 Å². The summed E-state index contributed by atoms with van der Waals surface area (Å²) in [5, 5.41) is 2.69. The largest absolute Gasteiger partial charge is 0.469 e. The number of hydrogen-bond acceptors (Lipinski definition) is 3. The summed E-state index contributed by atoms with van der Waals surface area (Å²) in [7, 11) is 1.35. The molecular weight excluding hydrogens is 254 g/mol. The first-order valence-electron chi connectivity index (χ1n) is 6.47. The second-order valence-electron chi connectivity index (χ2n) is 4.10. The highest BCUT2D eigenvalue weighted by Crippen LogP contribution is 2.00. The third-order valence-corrected chi connectivity index (χ3v) is 2.53. The van der Waals surface area contributed by atoms with E-state index in [2.05, 4.69) is 10.1 Å². The normalized spacial score (nSPS) is 10.8. The number of carbonyl (C=O) groups is 2. The number of ether oxygens (including phenoxy) is 1. The van der Waals surface area contributed by atoms with Gasteiger partial charge in [0.05, 0.1) is 7.11 Å². The third kappa shape index (κ3) is 7.16. The predicted molar refractivity (Wildman–Crippen MR) is 78.9 cm³/mol. The molecule has 1 rings (SSSR count). The van der Waals surface area contributed by atoms with Gasteiger partial charge in [0.2, 0.25) is 5.91 Å². The van der Waals surface area contributed by atoms with Gasteiger partial charge >= 0.3 is 5.97 Å². The Balaban J connectivity index is 2.20. The molecule has 0 aliphatic rings. The van der Waals surface area contributed by atoms with Gasteiger partial charge in [-0.1, -0.05) is 48.6 Å². The van der Waals surface area contributed by atoms with Gasteiger partial charge < -0.3 is 10.1 Å². The summed E-state index contributed by atoms with van der Waals surface area (Å²) < 4.78 is 4.50. The molecule has 20 heavy (non-hydrogen) atoms. The van der Waals surface area contributed by atoms with Crippen molar-refractivity contribution < 1.29 is 14.3 Å². The van der Waals surface area contributed by atoms with E-state index in [0.717, 1.165) is 5.56 Å². The van der Waals surface area contributed by atoms with Gasteiger partial charge in [0, 0.05) is 19.0 Å². The van der Waals surface area contributed by atoms with Crippen LogP contribution in [0.2, 0.25) is 0 Å². The average Bonchev–Trinajstić information content (AvgIpc) is 2.49. The number of rotatable bonds is 7. The molecule has 0 saturated heterocycles. The van der Waals surface area contributed by atoms with Crippen LogP contribution in [-0.4, -0.2) is 25.5 Å². The second kappa shape index (κ2) is 9.55. The minimum Gasteiger partial charge on any atom is -0.469 e. The second-order valence-corrected chi connectivity index (χ2v) is 4.10. The summed E-state index contributed by atoms with van der Waals surface area (Å²) >= 11 is 0. The van der Waals surface area contributed by atoms with Crippen LogP contribution in [0.25, 0.3) is 6.08 Å². The Bertz CT molecular complexity index is 478. The predicted octanol–water partition coefficient (Wildman–Crippen LogP) is 2.33. The van der Waals surface area contributed by atoms with Crippen LogP contribution >= 0.6 is 0 Å². The van der Waals surface area contributed by atoms with Gasteiger partial charge in [0.15, 0.2) is 0 Å². The van der Waals surface area contributed by atoms with E-state index in [1.54, 1.807) is 6.08 Å². The maximum absolute atomic E-state index is 11.4. The van der Waals surface area contributed by atoms with Gasteiger partial charge in [-0.15, -0.1) is 0 Å². The molecule has 0 spiro atoms. The Morgan fingerprint density at radius 3 is 2.65 bits per heavy atom. The average molecular weight is 273 g/mol. The first-order valence-corrected chi connectivity index (χ1v) is 6.47. The number of benzene rings is 1. The molecular formula is C16H19NO3. The van der Waals surface area contributed by atoms with E-state index in [4.69, 9.17) is 0 Å². The number of esters is 1. The van der Waals surface area contributed by atoms with Gasteiger partial charge in [-0.2, -0.15) is 0 Å². The van der Waals surface area contributed by atoms with Crippen molar-refractivity contribution in [3.8, 4) is 0 Å². The maximum Gasteiger partial charge on any atom is 0.305 e. The maximum atomic E-state index is 11.4. The van der Waals surface area contributed by atoms with Crippen LogP contribution in [-0.2, 0) is 14.3 Å². The SMILES string of the molecule is COC(=O)CCCNC(=O)C=CC=Cc1ccccc1. The number of hydrogen-bond donors (Lipinski definition) is 1. The lowest BCUT2D eigenvalue weighted by Crippen LogP contribution is -2.22. The third-order valence-electron chi connectivity index (χ3n) is 2.53. The summed E-state index contributed by atoms with van der Waals surface area (Å²) in [6, 6.07) is 9.83. The molecule has 1 amide bonds. The first kappa shape index (κ1) is 15.7. The minimum absolute atomic E-state index is 0.174. The molecule has 1 N–H and O–H groups in total. The first-order chi connectivity index (χ1) is 9.72. The van der Waals surface area contributed by atoms with E-state index in [9.17, 15) is 9.59 Å². The van der Waals surface area contributed by atoms with Gasteiger partial charge in [-0.05, 0) is 12.0 Å². The van der Waals surface area contributed by atoms with Crippen LogP contribution in [0.15, 0.2) is 48.6 Å². The highest BCUT2D eigenvalue weighted by atomic mass is 16.5. The zero-order valence-corrected chi connectivity index (χ0v) is 11.5. The molecule has 4 nitrogen and oxygen atoms in total. The summed E-state index contributed by atoms with van der Waals surface area (Å²) in [6.07, 6.45) is 7.76. The van der Waals surface area contributed by atoms with Gasteiger partial charge in [-0.3, -0.25) is 9.59 Å². The molecule has 0 unspecified atom stereocenters. The van der Waals surface area contributed by atoms with E-state index < -0.39 is 0 Å². The number of amides is 1. The van der Waals surface area contributed by atoms with Gasteiger partial charge in [0.1, 0.15) is 0 Å². The van der Waals surface area contributed by atoms with Crippen LogP contribution in [0.4, 0.5) is 0 Å². The fraction of sp³-hybridized carbons (Fsp3) is 0.250. The summed E-state index contributed by atoms with van der Waals surface area (Å²) in [6.45, 7) is 0.459. The Kier molecular flexibility index (Phi) is 7.50. The molecule has 0 aliphatic carbocycles. The summed E-state index contributed by atoms with van der Waals surface area (Å²) in [5.41, 5.74) is 1.08. The molecule has 0 atom stereocenters. The van der Waals surface area contributed by atoms with E-state index in [1.165, 1.54) is 13.2 Å². The highest BCUT2D eigenvalue weighted by molar-refractivity contribution is 5.87. The Morgan fingerprint density at radius 1 is 1.20 bits per heavy atom. The van der Waals surface area contributed by atoms with Crippen LogP contribution in [0, 0.1) is 0 Å². The topological polar surface area (TPSA) is 55.4 Å². The monoisotopic (exact) mass is 273 g/mol. The van der Waals surface area contributed by atoms with E-state index in [-0.39, 0.29) is 11.9 Å². The van der Waals surface area contributed by atoms with Crippen molar-refractivity contribution in [3.63, 3.8) is 0 Å². The molecule has 4 heteroatoms. The van der Waals surface area contributed by atoms with Crippen LogP contribution in [0.1, 0.15) is 18.4 Å². The van der Waals surface area contributed by atoms with E-state index >= 15 is 0 Å². The molecule has 106 valence electrons. The van der Waals surface area contributed by atoms with Crippen molar-refractivity contribution in [2.75, 3.05) is 13.7 Å². The fourth-order valence-electron chi connectivity index (χ4n) is 1.48. The number of methoxy groups -OCH3 is 1. The highest BCUT2D eigenvalue weighted by Gasteiger charge is 1.99. The van der Waals surface area contributed by atoms with Gasteiger partial charge in [0.25, 0.3) is 0 Å². The molecule has 0 aliphatic heterocycles. The molecule has 0 bridgehead atoms. The number of nitrogens with one attached hydrogen (secondary N) is 1. The van der Waals surface area contributed by atoms with Crippen molar-refractivity contribution in [2.24, 2.45) is 0 Å². The van der Waals surface area contributed by atoms with Crippen molar-refractivity contribution in [1.29, 1.82) is 0 Å².